The SMILES string of the molecule is C.CC1=C(C)C(C)(C)[n+]2c1c1c(C)c(C)c(C)c(C)n1c2C. The summed E-state index contributed by atoms with van der Waals surface area (Å²) in [6.45, 7) is 20.5. The van der Waals surface area contributed by atoms with Crippen LogP contribution < -0.4 is 4.57 Å². The molecular formula is C20H31N2+. The Morgan fingerprint density at radius 2 is 1.36 bits per heavy atom. The summed E-state index contributed by atoms with van der Waals surface area (Å²) in [5, 5.41) is 0. The molecule has 2 aromatic heterocycles. The smallest absolute Gasteiger partial charge is 0.218 e. The van der Waals surface area contributed by atoms with Crippen LogP contribution in [-0.2, 0) is 5.54 Å². The van der Waals surface area contributed by atoms with E-state index in [1.54, 1.807) is 0 Å². The summed E-state index contributed by atoms with van der Waals surface area (Å²) in [5.41, 5.74) is 11.4. The molecule has 0 amide bonds. The molecule has 0 spiro atoms. The van der Waals surface area contributed by atoms with E-state index in [-0.39, 0.29) is 13.0 Å². The van der Waals surface area contributed by atoms with Gasteiger partial charge in [0.05, 0.1) is 0 Å². The zero-order valence-electron chi connectivity index (χ0n) is 14.9. The molecule has 0 bridgehead atoms. The van der Waals surface area contributed by atoms with Crippen molar-refractivity contribution in [2.75, 3.05) is 0 Å². The minimum Gasteiger partial charge on any atom is -0.218 e. The van der Waals surface area contributed by atoms with Gasteiger partial charge in [-0.2, -0.15) is 4.40 Å². The average molecular weight is 299 g/mol. The normalized spacial score (nSPS) is 16.2. The van der Waals surface area contributed by atoms with Gasteiger partial charge in [0.25, 0.3) is 5.82 Å². The maximum absolute atomic E-state index is 2.53. The van der Waals surface area contributed by atoms with Crippen molar-refractivity contribution < 1.29 is 4.57 Å². The molecule has 0 aliphatic carbocycles. The van der Waals surface area contributed by atoms with Crippen LogP contribution >= 0.6 is 0 Å². The summed E-state index contributed by atoms with van der Waals surface area (Å²) >= 11 is 0. The number of nitrogens with zero attached hydrogens (tertiary/aromatic N) is 2. The van der Waals surface area contributed by atoms with Crippen molar-refractivity contribution in [2.45, 2.75) is 75.3 Å². The van der Waals surface area contributed by atoms with Crippen molar-refractivity contribution >= 4 is 11.1 Å². The van der Waals surface area contributed by atoms with Crippen molar-refractivity contribution in [3.05, 3.63) is 39.5 Å². The second-order valence-corrected chi connectivity index (χ2v) is 7.18. The molecule has 3 heterocycles. The van der Waals surface area contributed by atoms with Crippen LogP contribution in [0.3, 0.4) is 0 Å². The molecule has 0 N–H and O–H groups in total. The molecule has 0 saturated heterocycles. The topological polar surface area (TPSA) is 8.29 Å². The maximum atomic E-state index is 2.53. The van der Waals surface area contributed by atoms with Gasteiger partial charge in [0.15, 0.2) is 11.2 Å². The first-order valence-electron chi connectivity index (χ1n) is 7.84. The Bertz CT molecular complexity index is 830. The molecule has 0 unspecified atom stereocenters. The summed E-state index contributed by atoms with van der Waals surface area (Å²) in [7, 11) is 0. The lowest BCUT2D eigenvalue weighted by Crippen LogP contribution is -2.53. The lowest BCUT2D eigenvalue weighted by Gasteiger charge is -2.19. The number of aromatic nitrogens is 2. The number of imidazole rings is 1. The van der Waals surface area contributed by atoms with Crippen LogP contribution in [-0.4, -0.2) is 4.40 Å². The molecule has 0 saturated carbocycles. The number of pyridine rings is 1. The van der Waals surface area contributed by atoms with Crippen LogP contribution in [0.15, 0.2) is 5.57 Å². The predicted octanol–water partition coefficient (Wildman–Crippen LogP) is 4.95. The monoisotopic (exact) mass is 299 g/mol. The Balaban J connectivity index is 0.00000176. The fourth-order valence-corrected chi connectivity index (χ4v) is 4.12. The van der Waals surface area contributed by atoms with Gasteiger partial charge in [-0.3, -0.25) is 0 Å². The molecule has 2 heteroatoms. The first kappa shape index (κ1) is 16.8. The van der Waals surface area contributed by atoms with Gasteiger partial charge in [0.2, 0.25) is 0 Å². The zero-order valence-corrected chi connectivity index (χ0v) is 14.9. The van der Waals surface area contributed by atoms with Crippen molar-refractivity contribution in [2.24, 2.45) is 0 Å². The van der Waals surface area contributed by atoms with Gasteiger partial charge in [-0.25, -0.2) is 4.57 Å². The molecular weight excluding hydrogens is 268 g/mol. The van der Waals surface area contributed by atoms with Gasteiger partial charge < -0.3 is 0 Å². The molecule has 2 nitrogen and oxygen atoms in total. The van der Waals surface area contributed by atoms with Crippen LogP contribution in [0.2, 0.25) is 0 Å². The van der Waals surface area contributed by atoms with E-state index >= 15 is 0 Å². The number of hydrogen-bond donors (Lipinski definition) is 0. The third kappa shape index (κ3) is 1.64. The third-order valence-electron chi connectivity index (χ3n) is 6.07. The highest BCUT2D eigenvalue weighted by Crippen LogP contribution is 2.39. The van der Waals surface area contributed by atoms with E-state index in [1.165, 1.54) is 50.6 Å². The van der Waals surface area contributed by atoms with Crippen LogP contribution in [0.25, 0.3) is 11.1 Å². The first-order valence-corrected chi connectivity index (χ1v) is 7.84. The van der Waals surface area contributed by atoms with Crippen LogP contribution in [0, 0.1) is 34.6 Å². The van der Waals surface area contributed by atoms with Crippen LogP contribution in [0.5, 0.6) is 0 Å². The molecule has 1 aliphatic heterocycles. The van der Waals surface area contributed by atoms with Gasteiger partial charge in [0, 0.05) is 18.1 Å². The van der Waals surface area contributed by atoms with Crippen molar-refractivity contribution in [3.8, 4) is 0 Å². The number of rotatable bonds is 0. The highest BCUT2D eigenvalue weighted by Gasteiger charge is 2.44. The molecule has 1 aliphatic rings. The average Bonchev–Trinajstić information content (AvgIpc) is 2.82. The predicted molar refractivity (Wildman–Crippen MR) is 95.6 cm³/mol. The minimum atomic E-state index is 0. The molecule has 0 atom stereocenters. The second kappa shape index (κ2) is 4.71. The van der Waals surface area contributed by atoms with Gasteiger partial charge in [-0.1, -0.05) is 7.43 Å². The third-order valence-corrected chi connectivity index (χ3v) is 6.07. The van der Waals surface area contributed by atoms with E-state index in [4.69, 9.17) is 0 Å². The number of fused-ring (bicyclic) bond motifs is 3. The van der Waals surface area contributed by atoms with Crippen molar-refractivity contribution in [3.63, 3.8) is 0 Å². The van der Waals surface area contributed by atoms with E-state index in [0.717, 1.165) is 0 Å². The summed E-state index contributed by atoms with van der Waals surface area (Å²) < 4.78 is 5.00. The summed E-state index contributed by atoms with van der Waals surface area (Å²) in [4.78, 5) is 0. The van der Waals surface area contributed by atoms with Gasteiger partial charge in [-0.15, -0.1) is 0 Å². The fourth-order valence-electron chi connectivity index (χ4n) is 4.12. The lowest BCUT2D eigenvalue weighted by atomic mass is 9.94. The lowest BCUT2D eigenvalue weighted by molar-refractivity contribution is -0.748. The maximum Gasteiger partial charge on any atom is 0.259 e. The van der Waals surface area contributed by atoms with Gasteiger partial charge in [0.1, 0.15) is 11.2 Å². The van der Waals surface area contributed by atoms with Gasteiger partial charge in [-0.05, 0) is 72.1 Å². The van der Waals surface area contributed by atoms with Crippen LogP contribution in [0.4, 0.5) is 0 Å². The summed E-state index contributed by atoms with van der Waals surface area (Å²) in [6.07, 6.45) is 0. The Hall–Kier alpha value is -1.57. The number of allylic oxidation sites excluding steroid dienone is 2. The number of hydrogen-bond acceptors (Lipinski definition) is 0. The van der Waals surface area contributed by atoms with E-state index in [0.29, 0.717) is 0 Å². The summed E-state index contributed by atoms with van der Waals surface area (Å²) in [6, 6.07) is 0. The first-order chi connectivity index (χ1) is 9.62. The molecule has 0 radical (unpaired) electrons. The molecule has 0 fully saturated rings. The Labute approximate surface area is 135 Å². The zero-order chi connectivity index (χ0) is 15.9. The minimum absolute atomic E-state index is 0. The Kier molecular flexibility index (Phi) is 3.60. The number of aryl methyl sites for hydroxylation is 3. The fraction of sp³-hybridized carbons (Fsp3) is 0.550. The van der Waals surface area contributed by atoms with Crippen molar-refractivity contribution in [1.82, 2.24) is 4.40 Å². The Morgan fingerprint density at radius 3 is 1.91 bits per heavy atom. The van der Waals surface area contributed by atoms with E-state index in [2.05, 4.69) is 71.3 Å². The molecule has 2 aromatic rings. The molecule has 120 valence electrons. The standard InChI is InChI=1S/C19H27N2.CH4/c1-10-11(2)15(6)20-16(7)21-18(17(20)12(10)3)13(4)14(5)19(21,8)9;/h1-9H3;1H4/q+1;. The molecule has 3 rings (SSSR count). The highest BCUT2D eigenvalue weighted by atomic mass is 15.2. The van der Waals surface area contributed by atoms with E-state index in [1.807, 2.05) is 0 Å². The van der Waals surface area contributed by atoms with E-state index < -0.39 is 0 Å². The summed E-state index contributed by atoms with van der Waals surface area (Å²) in [5.74, 6) is 1.34. The largest absolute Gasteiger partial charge is 0.259 e. The van der Waals surface area contributed by atoms with Crippen molar-refractivity contribution in [1.29, 1.82) is 0 Å². The second-order valence-electron chi connectivity index (χ2n) is 7.18. The molecule has 0 aromatic carbocycles. The molecule has 22 heavy (non-hydrogen) atoms. The van der Waals surface area contributed by atoms with Crippen LogP contribution in [0.1, 0.15) is 69.0 Å². The highest BCUT2D eigenvalue weighted by molar-refractivity contribution is 5.80. The quantitative estimate of drug-likeness (QED) is 0.609. The van der Waals surface area contributed by atoms with E-state index in [9.17, 15) is 0 Å². The van der Waals surface area contributed by atoms with Gasteiger partial charge >= 0.3 is 0 Å². The Morgan fingerprint density at radius 1 is 0.818 bits per heavy atom.